The van der Waals surface area contributed by atoms with E-state index in [9.17, 15) is 4.79 Å². The van der Waals surface area contributed by atoms with Crippen molar-refractivity contribution in [2.75, 3.05) is 6.61 Å². The van der Waals surface area contributed by atoms with Crippen molar-refractivity contribution in [1.29, 1.82) is 0 Å². The third-order valence-electron chi connectivity index (χ3n) is 3.33. The predicted octanol–water partition coefficient (Wildman–Crippen LogP) is 3.91. The number of benzene rings is 1. The Hall–Kier alpha value is -2.49. The van der Waals surface area contributed by atoms with E-state index >= 15 is 0 Å². The Bertz CT molecular complexity index is 741. The number of hydrogen-bond acceptors (Lipinski definition) is 3. The molecule has 0 atom stereocenters. The van der Waals surface area contributed by atoms with Crippen molar-refractivity contribution < 1.29 is 13.9 Å². The van der Waals surface area contributed by atoms with E-state index < -0.39 is 0 Å². The highest BCUT2D eigenvalue weighted by Gasteiger charge is 2.11. The van der Waals surface area contributed by atoms with Crippen molar-refractivity contribution in [1.82, 2.24) is 4.57 Å². The first-order valence-corrected chi connectivity index (χ1v) is 7.06. The van der Waals surface area contributed by atoms with Gasteiger partial charge >= 0.3 is 0 Å². The number of rotatable bonds is 6. The van der Waals surface area contributed by atoms with E-state index in [1.807, 2.05) is 35.0 Å². The quantitative estimate of drug-likeness (QED) is 0.644. The second kappa shape index (κ2) is 5.87. The van der Waals surface area contributed by atoms with Crippen LogP contribution in [0.4, 0.5) is 0 Å². The number of ketones is 1. The molecule has 0 saturated carbocycles. The smallest absolute Gasteiger partial charge is 0.217 e. The zero-order chi connectivity index (χ0) is 14.7. The van der Waals surface area contributed by atoms with Crippen molar-refractivity contribution in [2.45, 2.75) is 19.9 Å². The molecular formula is C17H17NO3. The summed E-state index contributed by atoms with van der Waals surface area (Å²) >= 11 is 0. The molecule has 108 valence electrons. The summed E-state index contributed by atoms with van der Waals surface area (Å²) in [4.78, 5) is 12.1. The number of furan rings is 1. The molecule has 0 radical (unpaired) electrons. The highest BCUT2D eigenvalue weighted by Crippen LogP contribution is 2.22. The summed E-state index contributed by atoms with van der Waals surface area (Å²) in [5.41, 5.74) is 1.01. The fourth-order valence-corrected chi connectivity index (χ4v) is 2.30. The number of ether oxygens (including phenoxy) is 1. The van der Waals surface area contributed by atoms with Gasteiger partial charge in [-0.15, -0.1) is 0 Å². The van der Waals surface area contributed by atoms with E-state index in [0.29, 0.717) is 12.4 Å². The third-order valence-corrected chi connectivity index (χ3v) is 3.33. The molecule has 2 aromatic heterocycles. The first-order valence-electron chi connectivity index (χ1n) is 7.06. The molecule has 0 aliphatic heterocycles. The molecule has 3 rings (SSSR count). The molecule has 0 bridgehead atoms. The maximum Gasteiger partial charge on any atom is 0.217 e. The van der Waals surface area contributed by atoms with Gasteiger partial charge in [0.2, 0.25) is 5.78 Å². The lowest BCUT2D eigenvalue weighted by Crippen LogP contribution is -2.08. The number of fused-ring (bicyclic) bond motifs is 1. The average molecular weight is 283 g/mol. The number of nitrogens with zero attached hydrogens (tertiary/aromatic N) is 1. The normalized spacial score (nSPS) is 10.9. The number of carbonyl (C=O) groups excluding carboxylic acids is 1. The SMILES string of the molecule is CCCOc1ccc2c(ccn2CC(=O)c2ccco2)c1. The zero-order valence-electron chi connectivity index (χ0n) is 11.9. The Kier molecular flexibility index (Phi) is 3.77. The van der Waals surface area contributed by atoms with Crippen molar-refractivity contribution in [3.63, 3.8) is 0 Å². The molecular weight excluding hydrogens is 266 g/mol. The molecule has 1 aromatic carbocycles. The highest BCUT2D eigenvalue weighted by molar-refractivity contribution is 5.94. The van der Waals surface area contributed by atoms with E-state index in [1.165, 1.54) is 6.26 Å². The minimum absolute atomic E-state index is 0.0381. The molecule has 3 aromatic rings. The third kappa shape index (κ3) is 2.84. The van der Waals surface area contributed by atoms with E-state index in [4.69, 9.17) is 9.15 Å². The number of aromatic nitrogens is 1. The Balaban J connectivity index is 1.82. The van der Waals surface area contributed by atoms with Gasteiger partial charge in [0.05, 0.1) is 19.4 Å². The minimum atomic E-state index is -0.0381. The predicted molar refractivity (Wildman–Crippen MR) is 80.8 cm³/mol. The van der Waals surface area contributed by atoms with Crippen LogP contribution in [-0.2, 0) is 6.54 Å². The van der Waals surface area contributed by atoms with Crippen LogP contribution in [0.2, 0.25) is 0 Å². The summed E-state index contributed by atoms with van der Waals surface area (Å²) < 4.78 is 12.7. The fourth-order valence-electron chi connectivity index (χ4n) is 2.30. The van der Waals surface area contributed by atoms with Crippen molar-refractivity contribution in [2.24, 2.45) is 0 Å². The van der Waals surface area contributed by atoms with E-state index in [-0.39, 0.29) is 12.3 Å². The molecule has 0 saturated heterocycles. The Morgan fingerprint density at radius 2 is 2.19 bits per heavy atom. The molecule has 0 spiro atoms. The van der Waals surface area contributed by atoms with Gasteiger partial charge in [-0.05, 0) is 42.8 Å². The molecule has 4 heteroatoms. The Morgan fingerprint density at radius 3 is 2.95 bits per heavy atom. The highest BCUT2D eigenvalue weighted by atomic mass is 16.5. The second-order valence-corrected chi connectivity index (χ2v) is 4.91. The zero-order valence-corrected chi connectivity index (χ0v) is 11.9. The van der Waals surface area contributed by atoms with E-state index in [0.717, 1.165) is 23.1 Å². The number of hydrogen-bond donors (Lipinski definition) is 0. The van der Waals surface area contributed by atoms with Crippen molar-refractivity contribution in [3.8, 4) is 5.75 Å². The molecule has 4 nitrogen and oxygen atoms in total. The van der Waals surface area contributed by atoms with Gasteiger partial charge in [-0.1, -0.05) is 6.92 Å². The minimum Gasteiger partial charge on any atom is -0.494 e. The summed E-state index contributed by atoms with van der Waals surface area (Å²) in [5, 5.41) is 1.07. The molecule has 0 N–H and O–H groups in total. The summed E-state index contributed by atoms with van der Waals surface area (Å²) in [7, 11) is 0. The topological polar surface area (TPSA) is 44.4 Å². The fraction of sp³-hybridized carbons (Fsp3) is 0.235. The average Bonchev–Trinajstić information content (AvgIpc) is 3.15. The molecule has 0 aliphatic carbocycles. The molecule has 2 heterocycles. The number of Topliss-reactive ketones (excluding diaryl/α,β-unsaturated/α-hetero) is 1. The first kappa shape index (κ1) is 13.5. The van der Waals surface area contributed by atoms with Gasteiger partial charge in [-0.3, -0.25) is 4.79 Å². The molecule has 0 aliphatic rings. The van der Waals surface area contributed by atoms with Crippen LogP contribution in [0.3, 0.4) is 0 Å². The number of carbonyl (C=O) groups is 1. The van der Waals surface area contributed by atoms with Crippen LogP contribution >= 0.6 is 0 Å². The Morgan fingerprint density at radius 1 is 1.29 bits per heavy atom. The van der Waals surface area contributed by atoms with Crippen LogP contribution in [-0.4, -0.2) is 17.0 Å². The van der Waals surface area contributed by atoms with E-state index in [2.05, 4.69) is 6.92 Å². The molecule has 0 amide bonds. The molecule has 21 heavy (non-hydrogen) atoms. The van der Waals surface area contributed by atoms with Gasteiger partial charge in [0, 0.05) is 17.1 Å². The summed E-state index contributed by atoms with van der Waals surface area (Å²) in [6.45, 7) is 3.06. The summed E-state index contributed by atoms with van der Waals surface area (Å²) in [6, 6.07) is 11.3. The van der Waals surface area contributed by atoms with Crippen molar-refractivity contribution >= 4 is 16.7 Å². The van der Waals surface area contributed by atoms with Crippen molar-refractivity contribution in [3.05, 3.63) is 54.6 Å². The van der Waals surface area contributed by atoms with Crippen LogP contribution in [0.25, 0.3) is 10.9 Å². The monoisotopic (exact) mass is 283 g/mol. The maximum absolute atomic E-state index is 12.1. The van der Waals surface area contributed by atoms with Gasteiger partial charge < -0.3 is 13.7 Å². The lowest BCUT2D eigenvalue weighted by Gasteiger charge is -2.06. The van der Waals surface area contributed by atoms with Crippen LogP contribution in [0, 0.1) is 0 Å². The lowest BCUT2D eigenvalue weighted by atomic mass is 10.2. The summed E-state index contributed by atoms with van der Waals surface area (Å²) in [6.07, 6.45) is 4.41. The molecule has 0 unspecified atom stereocenters. The first-order chi connectivity index (χ1) is 10.3. The van der Waals surface area contributed by atoms with Gasteiger partial charge in [0.15, 0.2) is 5.76 Å². The van der Waals surface area contributed by atoms with Gasteiger partial charge in [0.1, 0.15) is 5.75 Å². The second-order valence-electron chi connectivity index (χ2n) is 4.91. The van der Waals surface area contributed by atoms with Gasteiger partial charge in [0.25, 0.3) is 0 Å². The van der Waals surface area contributed by atoms with Crippen LogP contribution in [0.5, 0.6) is 5.75 Å². The lowest BCUT2D eigenvalue weighted by molar-refractivity contribution is 0.0946. The van der Waals surface area contributed by atoms with Gasteiger partial charge in [-0.25, -0.2) is 0 Å². The Labute approximate surface area is 122 Å². The largest absolute Gasteiger partial charge is 0.494 e. The molecule has 0 fully saturated rings. The van der Waals surface area contributed by atoms with E-state index in [1.54, 1.807) is 12.1 Å². The summed E-state index contributed by atoms with van der Waals surface area (Å²) in [5.74, 6) is 1.21. The van der Waals surface area contributed by atoms with Gasteiger partial charge in [-0.2, -0.15) is 0 Å². The standard InChI is InChI=1S/C17H17NO3/c1-2-9-20-14-5-6-15-13(11-14)7-8-18(15)12-16(19)17-4-3-10-21-17/h3-8,10-11H,2,9,12H2,1H3. The van der Waals surface area contributed by atoms with Crippen LogP contribution in [0.15, 0.2) is 53.3 Å². The van der Waals surface area contributed by atoms with Crippen LogP contribution < -0.4 is 4.74 Å². The maximum atomic E-state index is 12.1. The van der Waals surface area contributed by atoms with Crippen LogP contribution in [0.1, 0.15) is 23.9 Å².